The van der Waals surface area contributed by atoms with Crippen LogP contribution >= 0.6 is 0 Å². The van der Waals surface area contributed by atoms with Crippen LogP contribution in [0.3, 0.4) is 0 Å². The average Bonchev–Trinajstić information content (AvgIpc) is 3.27. The first-order valence-electron chi connectivity index (χ1n) is 24.1. The van der Waals surface area contributed by atoms with Gasteiger partial charge in [0.15, 0.2) is 30.8 Å². The van der Waals surface area contributed by atoms with Crippen molar-refractivity contribution < 1.29 is 87.0 Å². The van der Waals surface area contributed by atoms with E-state index in [1.165, 1.54) is 20.3 Å². The lowest BCUT2D eigenvalue weighted by molar-refractivity contribution is -0.342. The lowest BCUT2D eigenvalue weighted by Gasteiger charge is -2.50. The van der Waals surface area contributed by atoms with Gasteiger partial charge in [-0.25, -0.2) is 0 Å². The molecule has 4 aliphatic rings. The summed E-state index contributed by atoms with van der Waals surface area (Å²) in [6, 6.07) is -0.777. The third kappa shape index (κ3) is 14.7. The monoisotopic (exact) mass is 972 g/mol. The molecule has 4 rings (SSSR count). The molecule has 19 nitrogen and oxygen atoms in total. The van der Waals surface area contributed by atoms with Crippen molar-refractivity contribution in [3.63, 3.8) is 0 Å². The molecule has 390 valence electrons. The second-order valence-corrected chi connectivity index (χ2v) is 19.6. The molecule has 3 fully saturated rings. The molecule has 0 spiro atoms. The first-order valence-corrected chi connectivity index (χ1v) is 24.1. The van der Waals surface area contributed by atoms with Gasteiger partial charge in [0.25, 0.3) is 0 Å². The molecular formula is C49H81NO18. The number of aliphatic hydroxyl groups excluding tert-OH is 3. The number of aldehydes is 1. The van der Waals surface area contributed by atoms with E-state index in [1.54, 1.807) is 80.5 Å². The number of hydrogen-bond acceptors (Lipinski definition) is 19. The molecule has 4 heterocycles. The molecule has 0 aromatic rings. The predicted octanol–water partition coefficient (Wildman–Crippen LogP) is 2.79. The van der Waals surface area contributed by atoms with Crippen LogP contribution in [-0.4, -0.2) is 188 Å². The van der Waals surface area contributed by atoms with Crippen LogP contribution < -0.4 is 0 Å². The Hall–Kier alpha value is -2.76. The number of ether oxygens (including phenoxy) is 10. The molecule has 19 heteroatoms. The van der Waals surface area contributed by atoms with Gasteiger partial charge in [0.1, 0.15) is 48.5 Å². The van der Waals surface area contributed by atoms with Crippen LogP contribution in [0.2, 0.25) is 0 Å². The third-order valence-electron chi connectivity index (χ3n) is 13.9. The van der Waals surface area contributed by atoms with Crippen molar-refractivity contribution in [2.24, 2.45) is 23.7 Å². The zero-order valence-electron chi connectivity index (χ0n) is 42.3. The van der Waals surface area contributed by atoms with Gasteiger partial charge in [0.05, 0.1) is 49.6 Å². The fraction of sp³-hybridized carbons (Fsp3) is 0.837. The summed E-state index contributed by atoms with van der Waals surface area (Å²) < 4.78 is 60.6. The molecule has 21 unspecified atom stereocenters. The summed E-state index contributed by atoms with van der Waals surface area (Å²) >= 11 is 0. The maximum atomic E-state index is 13.8. The zero-order chi connectivity index (χ0) is 50.8. The van der Waals surface area contributed by atoms with E-state index in [9.17, 15) is 39.6 Å². The molecule has 4 N–H and O–H groups in total. The number of aliphatic hydroxyl groups is 4. The van der Waals surface area contributed by atoms with Gasteiger partial charge < -0.3 is 77.5 Å². The van der Waals surface area contributed by atoms with Gasteiger partial charge in [-0.3, -0.25) is 14.4 Å². The summed E-state index contributed by atoms with van der Waals surface area (Å²) in [4.78, 5) is 53.8. The van der Waals surface area contributed by atoms with E-state index < -0.39 is 146 Å². The lowest BCUT2D eigenvalue weighted by Crippen LogP contribution is -2.65. The lowest BCUT2D eigenvalue weighted by atomic mass is 9.79. The highest BCUT2D eigenvalue weighted by Crippen LogP contribution is 2.38. The van der Waals surface area contributed by atoms with Crippen molar-refractivity contribution in [1.82, 2.24) is 4.90 Å². The fourth-order valence-corrected chi connectivity index (χ4v) is 9.95. The van der Waals surface area contributed by atoms with E-state index in [0.29, 0.717) is 18.3 Å². The van der Waals surface area contributed by atoms with Gasteiger partial charge in [-0.1, -0.05) is 45.4 Å². The van der Waals surface area contributed by atoms with E-state index in [2.05, 4.69) is 0 Å². The van der Waals surface area contributed by atoms with Gasteiger partial charge in [-0.05, 0) is 73.5 Å². The Morgan fingerprint density at radius 1 is 0.882 bits per heavy atom. The SMILES string of the molecule is CCC(=O)OC1C(C)OC(OC2C(C)OC(OC3C(CC=O)CC(C)C(=O)C=CC(C)=CC(COC4OC(C)C(O)C(OC)C4OC)C(CC)OC(=O)CC(O)C3C)C(O)C2N(C)C)CC1(C)O. The molecule has 3 saturated heterocycles. The van der Waals surface area contributed by atoms with Crippen LogP contribution in [0.4, 0.5) is 0 Å². The fourth-order valence-electron chi connectivity index (χ4n) is 9.95. The summed E-state index contributed by atoms with van der Waals surface area (Å²) in [6.07, 6.45) is -8.44. The minimum absolute atomic E-state index is 0.0143. The van der Waals surface area contributed by atoms with E-state index in [1.807, 2.05) is 13.0 Å². The Morgan fingerprint density at radius 3 is 2.13 bits per heavy atom. The second kappa shape index (κ2) is 26.1. The number of carbonyl (C=O) groups is 4. The molecule has 68 heavy (non-hydrogen) atoms. The number of rotatable bonds is 15. The first-order chi connectivity index (χ1) is 32.0. The van der Waals surface area contributed by atoms with Crippen molar-refractivity contribution in [3.05, 3.63) is 23.8 Å². The van der Waals surface area contributed by atoms with Gasteiger partial charge >= 0.3 is 11.9 Å². The van der Waals surface area contributed by atoms with Crippen LogP contribution in [0.5, 0.6) is 0 Å². The summed E-state index contributed by atoms with van der Waals surface area (Å²) in [5.41, 5.74) is -0.821. The van der Waals surface area contributed by atoms with Crippen molar-refractivity contribution in [1.29, 1.82) is 0 Å². The molecular weight excluding hydrogens is 891 g/mol. The number of nitrogens with zero attached hydrogens (tertiary/aromatic N) is 1. The predicted molar refractivity (Wildman–Crippen MR) is 245 cm³/mol. The molecule has 0 saturated carbocycles. The Labute approximate surface area is 402 Å². The summed E-state index contributed by atoms with van der Waals surface area (Å²) in [5, 5.41) is 46.0. The molecule has 0 bridgehead atoms. The number of carbonyl (C=O) groups excluding carboxylic acids is 4. The highest BCUT2D eigenvalue weighted by atomic mass is 16.7. The highest BCUT2D eigenvalue weighted by molar-refractivity contribution is 5.91. The van der Waals surface area contributed by atoms with Gasteiger partial charge in [-0.15, -0.1) is 0 Å². The largest absolute Gasteiger partial charge is 0.462 e. The van der Waals surface area contributed by atoms with Gasteiger partial charge in [0.2, 0.25) is 0 Å². The molecule has 0 amide bonds. The smallest absolute Gasteiger partial charge is 0.308 e. The van der Waals surface area contributed by atoms with Crippen molar-refractivity contribution in [3.8, 4) is 0 Å². The topological polar surface area (TPSA) is 245 Å². The Morgan fingerprint density at radius 2 is 1.54 bits per heavy atom. The molecule has 21 atom stereocenters. The number of methoxy groups -OCH3 is 2. The van der Waals surface area contributed by atoms with E-state index in [4.69, 9.17) is 47.4 Å². The molecule has 0 aromatic heterocycles. The minimum Gasteiger partial charge on any atom is -0.462 e. The molecule has 4 aliphatic heterocycles. The van der Waals surface area contributed by atoms with E-state index in [0.717, 1.165) is 0 Å². The number of hydrogen-bond donors (Lipinski definition) is 4. The second-order valence-electron chi connectivity index (χ2n) is 19.6. The van der Waals surface area contributed by atoms with Gasteiger partial charge in [0, 0.05) is 51.2 Å². The first kappa shape index (κ1) is 57.8. The van der Waals surface area contributed by atoms with Crippen LogP contribution in [-0.2, 0) is 66.5 Å². The number of esters is 2. The standard InChI is InChI=1S/C49H81NO18/c1-14-35-32(24-61-48-45(60-13)44(59-12)40(56)28(6)63-48)20-25(3)16-17-33(52)26(4)21-31(18-19-51)42(27(5)34(53)22-37(55)65-35)68-47-41(57)39(50(10)11)43(29(7)64-47)67-38-23-49(9,58)46(30(8)62-38)66-36(54)15-2/h16-17,19-20,26-32,34-35,38-48,53,56-58H,14-15,18,21-24H2,1-13H3. The van der Waals surface area contributed by atoms with Crippen molar-refractivity contribution in [2.45, 2.75) is 205 Å². The summed E-state index contributed by atoms with van der Waals surface area (Å²) in [7, 11) is 6.42. The quantitative estimate of drug-likeness (QED) is 0.136. The van der Waals surface area contributed by atoms with E-state index in [-0.39, 0.29) is 38.1 Å². The van der Waals surface area contributed by atoms with Crippen LogP contribution in [0.25, 0.3) is 0 Å². The van der Waals surface area contributed by atoms with Crippen LogP contribution in [0, 0.1) is 23.7 Å². The number of cyclic esters (lactones) is 1. The average molecular weight is 972 g/mol. The van der Waals surface area contributed by atoms with Crippen LogP contribution in [0.1, 0.15) is 101 Å². The minimum atomic E-state index is -1.50. The zero-order valence-corrected chi connectivity index (χ0v) is 42.3. The highest BCUT2D eigenvalue weighted by Gasteiger charge is 2.53. The Kier molecular flexibility index (Phi) is 22.2. The normalized spacial score (nSPS) is 42.6. The summed E-state index contributed by atoms with van der Waals surface area (Å²) in [6.45, 7) is 15.4. The maximum absolute atomic E-state index is 13.8. The summed E-state index contributed by atoms with van der Waals surface area (Å²) in [5.74, 6) is -4.13. The molecule has 0 radical (unpaired) electrons. The van der Waals surface area contributed by atoms with Crippen molar-refractivity contribution in [2.75, 3.05) is 34.9 Å². The molecule has 0 aromatic carbocycles. The number of likely N-dealkylation sites (N-methyl/N-ethyl adjacent to an activating group) is 1. The molecule has 0 aliphatic carbocycles. The number of allylic oxidation sites excluding steroid dienone is 3. The Bertz CT molecular complexity index is 1690. The Balaban J connectivity index is 1.60. The van der Waals surface area contributed by atoms with Crippen LogP contribution in [0.15, 0.2) is 23.8 Å². The third-order valence-corrected chi connectivity index (χ3v) is 13.9. The van der Waals surface area contributed by atoms with Crippen molar-refractivity contribution >= 4 is 24.0 Å². The van der Waals surface area contributed by atoms with E-state index >= 15 is 0 Å². The number of ketones is 1. The maximum Gasteiger partial charge on any atom is 0.308 e. The van der Waals surface area contributed by atoms with Gasteiger partial charge in [-0.2, -0.15) is 0 Å².